The fourth-order valence-electron chi connectivity index (χ4n) is 0.510. The topological polar surface area (TPSA) is 12.9 Å². The largest absolute Gasteiger partial charge is 0.257 e. The summed E-state index contributed by atoms with van der Waals surface area (Å²) in [7, 11) is 1.96. The van der Waals surface area contributed by atoms with Gasteiger partial charge in [-0.1, -0.05) is 12.1 Å². The minimum Gasteiger partial charge on any atom is -0.257 e. The van der Waals surface area contributed by atoms with Gasteiger partial charge in [0.2, 0.25) is 0 Å². The second-order valence-electron chi connectivity index (χ2n) is 1.60. The zero-order valence-electron chi connectivity index (χ0n) is 4.56. The Balaban J connectivity index is 3.08. The van der Waals surface area contributed by atoms with Gasteiger partial charge < -0.3 is 0 Å². The minimum absolute atomic E-state index is 0.900. The highest BCUT2D eigenvalue weighted by Crippen LogP contribution is 1.99. The van der Waals surface area contributed by atoms with E-state index in [2.05, 4.69) is 20.9 Å². The third-order valence-corrected chi connectivity index (χ3v) is 1.30. The maximum atomic E-state index is 4.09. The molecule has 0 amide bonds. The molecular formula is C5H5BBrN. The van der Waals surface area contributed by atoms with Crippen LogP contribution >= 0.6 is 15.9 Å². The van der Waals surface area contributed by atoms with Gasteiger partial charge in [0.25, 0.3) is 0 Å². The Hall–Kier alpha value is -0.305. The number of nitrogens with zero attached hydrogens (tertiary/aromatic N) is 1. The van der Waals surface area contributed by atoms with E-state index in [4.69, 9.17) is 0 Å². The zero-order valence-corrected chi connectivity index (χ0v) is 6.14. The lowest BCUT2D eigenvalue weighted by atomic mass is 10.1. The maximum absolute atomic E-state index is 4.09. The summed E-state index contributed by atoms with van der Waals surface area (Å²) in [5.74, 6) is 0. The van der Waals surface area contributed by atoms with Crippen LogP contribution in [0.3, 0.4) is 0 Å². The molecule has 1 aromatic heterocycles. The number of pyridine rings is 1. The minimum atomic E-state index is 0.900. The number of hydrogen-bond acceptors (Lipinski definition) is 1. The second-order valence-corrected chi connectivity index (χ2v) is 2.41. The molecule has 0 N–H and O–H groups in total. The lowest BCUT2D eigenvalue weighted by molar-refractivity contribution is 1.33. The van der Waals surface area contributed by atoms with Gasteiger partial charge in [0.1, 0.15) is 4.60 Å². The summed E-state index contributed by atoms with van der Waals surface area (Å²) in [6, 6.07) is 5.84. The Morgan fingerprint density at radius 1 is 1.50 bits per heavy atom. The fourth-order valence-corrected chi connectivity index (χ4v) is 0.942. The molecule has 0 aliphatic carbocycles. The first kappa shape index (κ1) is 5.82. The lowest BCUT2D eigenvalue weighted by Crippen LogP contribution is -2.05. The molecule has 0 bridgehead atoms. The van der Waals surface area contributed by atoms with Crippen molar-refractivity contribution in [3.8, 4) is 0 Å². The normalized spacial score (nSPS) is 9.12. The van der Waals surface area contributed by atoms with Crippen LogP contribution in [0.5, 0.6) is 0 Å². The summed E-state index contributed by atoms with van der Waals surface area (Å²) >= 11 is 3.25. The molecule has 0 radical (unpaired) electrons. The van der Waals surface area contributed by atoms with Crippen molar-refractivity contribution >= 4 is 29.4 Å². The van der Waals surface area contributed by atoms with Crippen molar-refractivity contribution in [2.24, 2.45) is 0 Å². The van der Waals surface area contributed by atoms with Crippen molar-refractivity contribution < 1.29 is 0 Å². The van der Waals surface area contributed by atoms with E-state index >= 15 is 0 Å². The van der Waals surface area contributed by atoms with Crippen molar-refractivity contribution in [3.63, 3.8) is 0 Å². The van der Waals surface area contributed by atoms with Crippen LogP contribution in [0.4, 0.5) is 0 Å². The predicted molar refractivity (Wildman–Crippen MR) is 40.1 cm³/mol. The lowest BCUT2D eigenvalue weighted by Gasteiger charge is -1.88. The van der Waals surface area contributed by atoms with E-state index in [1.54, 1.807) is 0 Å². The first-order valence-electron chi connectivity index (χ1n) is 2.38. The van der Waals surface area contributed by atoms with Crippen molar-refractivity contribution in [3.05, 3.63) is 22.8 Å². The number of rotatable bonds is 0. The van der Waals surface area contributed by atoms with Gasteiger partial charge in [-0.2, -0.15) is 0 Å². The standard InChI is InChI=1S/C5H5BBrN/c6-4-2-1-3-5(7)8-4/h1-3H,6H2. The van der Waals surface area contributed by atoms with E-state index in [0.29, 0.717) is 0 Å². The molecule has 0 saturated heterocycles. The SMILES string of the molecule is Bc1cccc(Br)n1. The highest BCUT2D eigenvalue weighted by atomic mass is 79.9. The van der Waals surface area contributed by atoms with Crippen LogP contribution in [0.2, 0.25) is 0 Å². The number of aromatic nitrogens is 1. The van der Waals surface area contributed by atoms with E-state index in [9.17, 15) is 0 Å². The average Bonchev–Trinajstić information content (AvgIpc) is 1.64. The first-order valence-corrected chi connectivity index (χ1v) is 3.17. The highest BCUT2D eigenvalue weighted by molar-refractivity contribution is 9.10. The predicted octanol–water partition coefficient (Wildman–Crippen LogP) is 0.102. The average molecular weight is 170 g/mol. The molecule has 1 rings (SSSR count). The van der Waals surface area contributed by atoms with Gasteiger partial charge in [0.15, 0.2) is 7.85 Å². The maximum Gasteiger partial charge on any atom is 0.163 e. The van der Waals surface area contributed by atoms with Crippen molar-refractivity contribution in [1.29, 1.82) is 0 Å². The van der Waals surface area contributed by atoms with E-state index in [1.165, 1.54) is 0 Å². The van der Waals surface area contributed by atoms with E-state index in [-0.39, 0.29) is 0 Å². The van der Waals surface area contributed by atoms with Gasteiger partial charge >= 0.3 is 0 Å². The summed E-state index contributed by atoms with van der Waals surface area (Å²) < 4.78 is 0.900. The van der Waals surface area contributed by atoms with Gasteiger partial charge in [-0.05, 0) is 27.6 Å². The van der Waals surface area contributed by atoms with Crippen LogP contribution < -0.4 is 5.59 Å². The molecule has 40 valence electrons. The van der Waals surface area contributed by atoms with E-state index < -0.39 is 0 Å². The van der Waals surface area contributed by atoms with Crippen LogP contribution in [0.1, 0.15) is 0 Å². The smallest absolute Gasteiger partial charge is 0.163 e. The third-order valence-electron chi connectivity index (χ3n) is 0.854. The molecule has 0 aromatic carbocycles. The summed E-state index contributed by atoms with van der Waals surface area (Å²) in [5.41, 5.74) is 1.04. The van der Waals surface area contributed by atoms with Crippen molar-refractivity contribution in [2.75, 3.05) is 0 Å². The molecule has 0 atom stereocenters. The quantitative estimate of drug-likeness (QED) is 0.397. The molecule has 1 aromatic rings. The summed E-state index contributed by atoms with van der Waals surface area (Å²) in [6.45, 7) is 0. The molecule has 0 spiro atoms. The van der Waals surface area contributed by atoms with Crippen LogP contribution in [0, 0.1) is 0 Å². The molecule has 1 nitrogen and oxygen atoms in total. The Morgan fingerprint density at radius 3 is 2.62 bits per heavy atom. The molecule has 8 heavy (non-hydrogen) atoms. The summed E-state index contributed by atoms with van der Waals surface area (Å²) in [5, 5.41) is 0. The third kappa shape index (κ3) is 1.34. The first-order chi connectivity index (χ1) is 3.79. The zero-order chi connectivity index (χ0) is 5.98. The Labute approximate surface area is 57.7 Å². The molecule has 0 aliphatic rings. The van der Waals surface area contributed by atoms with Gasteiger partial charge in [-0.3, -0.25) is 4.98 Å². The van der Waals surface area contributed by atoms with Crippen molar-refractivity contribution in [1.82, 2.24) is 4.98 Å². The molecular weight excluding hydrogens is 165 g/mol. The van der Waals surface area contributed by atoms with Crippen LogP contribution in [-0.4, -0.2) is 12.8 Å². The van der Waals surface area contributed by atoms with E-state index in [1.807, 2.05) is 26.0 Å². The molecule has 1 heterocycles. The molecule has 0 aliphatic heterocycles. The van der Waals surface area contributed by atoms with Crippen LogP contribution in [0.25, 0.3) is 0 Å². The highest BCUT2D eigenvalue weighted by Gasteiger charge is 1.84. The second kappa shape index (κ2) is 2.31. The molecule has 0 unspecified atom stereocenters. The molecule has 0 saturated carbocycles. The van der Waals surface area contributed by atoms with Gasteiger partial charge in [-0.15, -0.1) is 0 Å². The Kier molecular flexibility index (Phi) is 1.68. The molecule has 3 heteroatoms. The fraction of sp³-hybridized carbons (Fsp3) is 0. The number of hydrogen-bond donors (Lipinski definition) is 0. The van der Waals surface area contributed by atoms with Crippen LogP contribution in [-0.2, 0) is 0 Å². The van der Waals surface area contributed by atoms with Gasteiger partial charge in [0, 0.05) is 0 Å². The summed E-state index contributed by atoms with van der Waals surface area (Å²) in [6.07, 6.45) is 0. The Bertz CT molecular complexity index is 172. The Morgan fingerprint density at radius 2 is 2.25 bits per heavy atom. The summed E-state index contributed by atoms with van der Waals surface area (Å²) in [4.78, 5) is 4.09. The van der Waals surface area contributed by atoms with Crippen LogP contribution in [0.15, 0.2) is 22.8 Å². The monoisotopic (exact) mass is 169 g/mol. The molecule has 0 fully saturated rings. The van der Waals surface area contributed by atoms with Crippen molar-refractivity contribution in [2.45, 2.75) is 0 Å². The van der Waals surface area contributed by atoms with Gasteiger partial charge in [-0.25, -0.2) is 0 Å². The number of halogens is 1. The van der Waals surface area contributed by atoms with Gasteiger partial charge in [0.05, 0.1) is 0 Å². The van der Waals surface area contributed by atoms with E-state index in [0.717, 1.165) is 10.2 Å².